The van der Waals surface area contributed by atoms with E-state index in [1.807, 2.05) is 0 Å². The molecule has 0 aliphatic rings. The Balaban J connectivity index is 2.58. The van der Waals surface area contributed by atoms with E-state index in [9.17, 15) is 9.59 Å². The second kappa shape index (κ2) is 5.28. The Labute approximate surface area is 85.6 Å². The van der Waals surface area contributed by atoms with Gasteiger partial charge in [0.05, 0.1) is 12.7 Å². The third kappa shape index (κ3) is 3.53. The van der Waals surface area contributed by atoms with Gasteiger partial charge in [-0.15, -0.1) is 0 Å². The van der Waals surface area contributed by atoms with Crippen LogP contribution in [0.2, 0.25) is 0 Å². The van der Waals surface area contributed by atoms with E-state index in [-0.39, 0.29) is 17.8 Å². The van der Waals surface area contributed by atoms with Crippen LogP contribution in [0.25, 0.3) is 0 Å². The highest BCUT2D eigenvalue weighted by molar-refractivity contribution is 5.92. The fourth-order valence-corrected chi connectivity index (χ4v) is 0.951. The van der Waals surface area contributed by atoms with Crippen molar-refractivity contribution in [1.82, 2.24) is 10.3 Å². The van der Waals surface area contributed by atoms with Gasteiger partial charge in [-0.05, 0) is 6.07 Å². The van der Waals surface area contributed by atoms with Gasteiger partial charge in [0, 0.05) is 12.6 Å². The van der Waals surface area contributed by atoms with Gasteiger partial charge in [0.25, 0.3) is 5.91 Å². The minimum absolute atomic E-state index is 0.0632. The van der Waals surface area contributed by atoms with Crippen molar-refractivity contribution in [3.8, 4) is 0 Å². The molecule has 6 nitrogen and oxygen atoms in total. The molecule has 1 unspecified atom stereocenters. The standard InChI is InChI=1S/C9H12N2O4/c12-5-6(13)4-10-9(15)7-2-1-3-8(14)11-7/h1-3,6,12-13H,4-5H2,(H,10,15)(H,11,14). The average Bonchev–Trinajstić information content (AvgIpc) is 2.25. The Kier molecular flexibility index (Phi) is 4.02. The molecule has 1 aromatic heterocycles. The SMILES string of the molecule is O=C(NCC(O)CO)c1cccc(=O)[nH]1. The topological polar surface area (TPSA) is 102 Å². The molecule has 0 aliphatic carbocycles. The summed E-state index contributed by atoms with van der Waals surface area (Å²) in [6, 6.07) is 4.19. The number of rotatable bonds is 4. The lowest BCUT2D eigenvalue weighted by atomic mass is 10.3. The number of aliphatic hydroxyl groups excluding tert-OH is 2. The normalized spacial score (nSPS) is 12.1. The highest BCUT2D eigenvalue weighted by Crippen LogP contribution is 1.89. The molecule has 1 heterocycles. The number of hydrogen-bond donors (Lipinski definition) is 4. The molecule has 0 spiro atoms. The minimum Gasteiger partial charge on any atom is -0.394 e. The van der Waals surface area contributed by atoms with E-state index in [0.29, 0.717) is 0 Å². The molecule has 1 aromatic rings. The van der Waals surface area contributed by atoms with E-state index in [1.165, 1.54) is 18.2 Å². The number of pyridine rings is 1. The number of aromatic nitrogens is 1. The molecule has 0 saturated carbocycles. The molecule has 0 aliphatic heterocycles. The van der Waals surface area contributed by atoms with Gasteiger partial charge in [0.1, 0.15) is 5.69 Å². The van der Waals surface area contributed by atoms with Crippen LogP contribution in [0.4, 0.5) is 0 Å². The highest BCUT2D eigenvalue weighted by Gasteiger charge is 2.08. The first-order valence-electron chi connectivity index (χ1n) is 4.40. The molecule has 0 aromatic carbocycles. The molecule has 1 atom stereocenters. The maximum absolute atomic E-state index is 11.3. The average molecular weight is 212 g/mol. The van der Waals surface area contributed by atoms with Gasteiger partial charge in [-0.2, -0.15) is 0 Å². The van der Waals surface area contributed by atoms with E-state index < -0.39 is 18.6 Å². The largest absolute Gasteiger partial charge is 0.394 e. The lowest BCUT2D eigenvalue weighted by Crippen LogP contribution is -2.34. The second-order valence-electron chi connectivity index (χ2n) is 2.98. The van der Waals surface area contributed by atoms with Gasteiger partial charge in [-0.25, -0.2) is 0 Å². The van der Waals surface area contributed by atoms with Crippen molar-refractivity contribution >= 4 is 5.91 Å². The van der Waals surface area contributed by atoms with Crippen LogP contribution >= 0.6 is 0 Å². The maximum Gasteiger partial charge on any atom is 0.267 e. The van der Waals surface area contributed by atoms with Crippen LogP contribution in [0.1, 0.15) is 10.5 Å². The fraction of sp³-hybridized carbons (Fsp3) is 0.333. The molecule has 0 bridgehead atoms. The van der Waals surface area contributed by atoms with Gasteiger partial charge < -0.3 is 20.5 Å². The number of amides is 1. The van der Waals surface area contributed by atoms with E-state index in [4.69, 9.17) is 10.2 Å². The molecule has 1 amide bonds. The van der Waals surface area contributed by atoms with Gasteiger partial charge in [0.15, 0.2) is 0 Å². The zero-order chi connectivity index (χ0) is 11.3. The number of aliphatic hydroxyl groups is 2. The summed E-state index contributed by atoms with van der Waals surface area (Å²) in [5.74, 6) is -0.500. The Hall–Kier alpha value is -1.66. The van der Waals surface area contributed by atoms with Crippen molar-refractivity contribution in [2.24, 2.45) is 0 Å². The summed E-state index contributed by atoms with van der Waals surface area (Å²) in [6.07, 6.45) is -0.996. The van der Waals surface area contributed by atoms with Crippen LogP contribution in [0.3, 0.4) is 0 Å². The Morgan fingerprint density at radius 1 is 1.53 bits per heavy atom. The lowest BCUT2D eigenvalue weighted by Gasteiger charge is -2.08. The van der Waals surface area contributed by atoms with Crippen LogP contribution in [-0.4, -0.2) is 40.4 Å². The number of aromatic amines is 1. The molecule has 1 rings (SSSR count). The number of carbonyl (C=O) groups excluding carboxylic acids is 1. The van der Waals surface area contributed by atoms with E-state index in [1.54, 1.807) is 0 Å². The summed E-state index contributed by atoms with van der Waals surface area (Å²) in [7, 11) is 0. The van der Waals surface area contributed by atoms with Crippen molar-refractivity contribution in [1.29, 1.82) is 0 Å². The van der Waals surface area contributed by atoms with E-state index in [2.05, 4.69) is 10.3 Å². The van der Waals surface area contributed by atoms with Gasteiger partial charge >= 0.3 is 0 Å². The quantitative estimate of drug-likeness (QED) is 0.485. The molecule has 0 fully saturated rings. The summed E-state index contributed by atoms with van der Waals surface area (Å²) in [4.78, 5) is 24.5. The monoisotopic (exact) mass is 212 g/mol. The van der Waals surface area contributed by atoms with E-state index in [0.717, 1.165) is 0 Å². The Morgan fingerprint density at radius 3 is 2.87 bits per heavy atom. The third-order valence-electron chi connectivity index (χ3n) is 1.72. The molecule has 0 radical (unpaired) electrons. The predicted molar refractivity (Wildman–Crippen MR) is 52.5 cm³/mol. The number of carbonyl (C=O) groups is 1. The summed E-state index contributed by atoms with van der Waals surface area (Å²) >= 11 is 0. The Morgan fingerprint density at radius 2 is 2.27 bits per heavy atom. The van der Waals surface area contributed by atoms with Crippen LogP contribution < -0.4 is 10.9 Å². The van der Waals surface area contributed by atoms with Crippen molar-refractivity contribution in [3.05, 3.63) is 34.2 Å². The van der Waals surface area contributed by atoms with Gasteiger partial charge in [-0.3, -0.25) is 9.59 Å². The fourth-order valence-electron chi connectivity index (χ4n) is 0.951. The zero-order valence-corrected chi connectivity index (χ0v) is 7.93. The molecule has 0 saturated heterocycles. The predicted octanol–water partition coefficient (Wildman–Crippen LogP) is -1.54. The van der Waals surface area contributed by atoms with Crippen LogP contribution in [-0.2, 0) is 0 Å². The van der Waals surface area contributed by atoms with Crippen LogP contribution in [0.15, 0.2) is 23.0 Å². The summed E-state index contributed by atoms with van der Waals surface area (Å²) in [6.45, 7) is -0.488. The van der Waals surface area contributed by atoms with Crippen molar-refractivity contribution in [2.75, 3.05) is 13.2 Å². The van der Waals surface area contributed by atoms with Crippen LogP contribution in [0.5, 0.6) is 0 Å². The zero-order valence-electron chi connectivity index (χ0n) is 7.93. The number of nitrogens with one attached hydrogen (secondary N) is 2. The van der Waals surface area contributed by atoms with Gasteiger partial charge in [-0.1, -0.05) is 6.07 Å². The third-order valence-corrected chi connectivity index (χ3v) is 1.72. The maximum atomic E-state index is 11.3. The number of H-pyrrole nitrogens is 1. The molecular formula is C9H12N2O4. The number of hydrogen-bond acceptors (Lipinski definition) is 4. The van der Waals surface area contributed by atoms with Crippen LogP contribution in [0, 0.1) is 0 Å². The second-order valence-corrected chi connectivity index (χ2v) is 2.98. The van der Waals surface area contributed by atoms with Crippen molar-refractivity contribution in [2.45, 2.75) is 6.10 Å². The summed E-state index contributed by atoms with van der Waals surface area (Å²) in [5, 5.41) is 19.8. The smallest absolute Gasteiger partial charge is 0.267 e. The molecular weight excluding hydrogens is 200 g/mol. The molecule has 82 valence electrons. The first kappa shape index (κ1) is 11.4. The van der Waals surface area contributed by atoms with Crippen molar-refractivity contribution in [3.63, 3.8) is 0 Å². The summed E-state index contributed by atoms with van der Waals surface area (Å²) in [5.41, 5.74) is -0.252. The molecule has 4 N–H and O–H groups in total. The molecule has 6 heteroatoms. The lowest BCUT2D eigenvalue weighted by molar-refractivity contribution is 0.0798. The first-order valence-corrected chi connectivity index (χ1v) is 4.40. The Bertz CT molecular complexity index is 388. The van der Waals surface area contributed by atoms with E-state index >= 15 is 0 Å². The highest BCUT2D eigenvalue weighted by atomic mass is 16.3. The van der Waals surface area contributed by atoms with Crippen molar-refractivity contribution < 1.29 is 15.0 Å². The minimum atomic E-state index is -0.996. The molecule has 15 heavy (non-hydrogen) atoms. The summed E-state index contributed by atoms with van der Waals surface area (Å²) < 4.78 is 0. The first-order chi connectivity index (χ1) is 7.13. The van der Waals surface area contributed by atoms with Gasteiger partial charge in [0.2, 0.25) is 5.56 Å².